The Labute approximate surface area is 85.9 Å². The minimum absolute atomic E-state index is 0.0106. The molecule has 80 valence electrons. The van der Waals surface area contributed by atoms with Gasteiger partial charge in [0.2, 0.25) is 0 Å². The fourth-order valence-corrected chi connectivity index (χ4v) is 1.50. The van der Waals surface area contributed by atoms with Gasteiger partial charge in [0.25, 0.3) is 0 Å². The number of nitrogens with zero attached hydrogens (tertiary/aromatic N) is 1. The van der Waals surface area contributed by atoms with Gasteiger partial charge < -0.3 is 15.1 Å². The van der Waals surface area contributed by atoms with Crippen LogP contribution >= 0.6 is 0 Å². The number of hydrogen-bond acceptors (Lipinski definition) is 3. The highest BCUT2D eigenvalue weighted by atomic mass is 16.3. The van der Waals surface area contributed by atoms with Crippen molar-refractivity contribution < 1.29 is 4.42 Å². The maximum Gasteiger partial charge on any atom is 0.122 e. The summed E-state index contributed by atoms with van der Waals surface area (Å²) in [6.07, 6.45) is 0. The lowest BCUT2D eigenvalue weighted by molar-refractivity contribution is 0.269. The SMILES string of the molecule is CCN(CC)CC(N)c1ccc(C)o1. The monoisotopic (exact) mass is 196 g/mol. The Morgan fingerprint density at radius 2 is 2.00 bits per heavy atom. The van der Waals surface area contributed by atoms with Crippen LogP contribution in [0, 0.1) is 6.92 Å². The summed E-state index contributed by atoms with van der Waals surface area (Å²) in [6.45, 7) is 9.15. The summed E-state index contributed by atoms with van der Waals surface area (Å²) in [5, 5.41) is 0. The van der Waals surface area contributed by atoms with Gasteiger partial charge in [-0.25, -0.2) is 0 Å². The molecule has 0 saturated carbocycles. The van der Waals surface area contributed by atoms with Gasteiger partial charge in [0, 0.05) is 6.54 Å². The van der Waals surface area contributed by atoms with Crippen molar-refractivity contribution in [2.24, 2.45) is 5.73 Å². The molecule has 0 aliphatic heterocycles. The van der Waals surface area contributed by atoms with E-state index in [4.69, 9.17) is 10.2 Å². The summed E-state index contributed by atoms with van der Waals surface area (Å²) in [7, 11) is 0. The second-order valence-electron chi connectivity index (χ2n) is 3.54. The molecule has 1 unspecified atom stereocenters. The third-order valence-electron chi connectivity index (χ3n) is 2.48. The van der Waals surface area contributed by atoms with Gasteiger partial charge in [-0.15, -0.1) is 0 Å². The van der Waals surface area contributed by atoms with Gasteiger partial charge in [-0.05, 0) is 32.1 Å². The summed E-state index contributed by atoms with van der Waals surface area (Å²) in [6, 6.07) is 3.91. The Bertz CT molecular complexity index is 266. The van der Waals surface area contributed by atoms with Gasteiger partial charge in [-0.2, -0.15) is 0 Å². The van der Waals surface area contributed by atoms with Gasteiger partial charge in [0.05, 0.1) is 6.04 Å². The first kappa shape index (κ1) is 11.3. The Morgan fingerprint density at radius 3 is 2.43 bits per heavy atom. The highest BCUT2D eigenvalue weighted by Gasteiger charge is 2.12. The van der Waals surface area contributed by atoms with E-state index < -0.39 is 0 Å². The average Bonchev–Trinajstić information content (AvgIpc) is 2.61. The third-order valence-corrected chi connectivity index (χ3v) is 2.48. The van der Waals surface area contributed by atoms with E-state index in [0.717, 1.165) is 31.2 Å². The van der Waals surface area contributed by atoms with Crippen molar-refractivity contribution in [3.05, 3.63) is 23.7 Å². The van der Waals surface area contributed by atoms with Crippen LogP contribution in [0.4, 0.5) is 0 Å². The lowest BCUT2D eigenvalue weighted by Gasteiger charge is -2.21. The third kappa shape index (κ3) is 2.86. The van der Waals surface area contributed by atoms with E-state index in [9.17, 15) is 0 Å². The minimum atomic E-state index is -0.0106. The molecule has 1 aromatic rings. The van der Waals surface area contributed by atoms with Gasteiger partial charge in [-0.3, -0.25) is 0 Å². The summed E-state index contributed by atoms with van der Waals surface area (Å²) in [4.78, 5) is 2.29. The largest absolute Gasteiger partial charge is 0.465 e. The molecule has 1 atom stereocenters. The second-order valence-corrected chi connectivity index (χ2v) is 3.54. The number of rotatable bonds is 5. The maximum absolute atomic E-state index is 6.02. The van der Waals surface area contributed by atoms with E-state index in [2.05, 4.69) is 18.7 Å². The van der Waals surface area contributed by atoms with Crippen LogP contribution in [0.3, 0.4) is 0 Å². The lowest BCUT2D eigenvalue weighted by atomic mass is 10.2. The predicted octanol–water partition coefficient (Wildman–Crippen LogP) is 1.93. The van der Waals surface area contributed by atoms with E-state index >= 15 is 0 Å². The lowest BCUT2D eigenvalue weighted by Crippen LogP contribution is -2.31. The fourth-order valence-electron chi connectivity index (χ4n) is 1.50. The zero-order chi connectivity index (χ0) is 10.6. The van der Waals surface area contributed by atoms with Crippen LogP contribution in [0.2, 0.25) is 0 Å². The Morgan fingerprint density at radius 1 is 1.36 bits per heavy atom. The van der Waals surface area contributed by atoms with Crippen molar-refractivity contribution in [1.29, 1.82) is 0 Å². The molecule has 3 nitrogen and oxygen atoms in total. The molecule has 14 heavy (non-hydrogen) atoms. The first-order valence-corrected chi connectivity index (χ1v) is 5.21. The van der Waals surface area contributed by atoms with E-state index in [-0.39, 0.29) is 6.04 Å². The number of likely N-dealkylation sites (N-methyl/N-ethyl adjacent to an activating group) is 1. The van der Waals surface area contributed by atoms with Crippen LogP contribution in [-0.4, -0.2) is 24.5 Å². The standard InChI is InChI=1S/C11H20N2O/c1-4-13(5-2)8-10(12)11-7-6-9(3)14-11/h6-7,10H,4-5,8,12H2,1-3H3. The van der Waals surface area contributed by atoms with E-state index in [1.165, 1.54) is 0 Å². The summed E-state index contributed by atoms with van der Waals surface area (Å²) >= 11 is 0. The van der Waals surface area contributed by atoms with Crippen molar-refractivity contribution >= 4 is 0 Å². The summed E-state index contributed by atoms with van der Waals surface area (Å²) < 4.78 is 5.48. The molecule has 1 rings (SSSR count). The summed E-state index contributed by atoms with van der Waals surface area (Å²) in [5.74, 6) is 1.81. The van der Waals surface area contributed by atoms with Crippen LogP contribution < -0.4 is 5.73 Å². The molecule has 3 heteroatoms. The maximum atomic E-state index is 6.02. The van der Waals surface area contributed by atoms with Gasteiger partial charge in [-0.1, -0.05) is 13.8 Å². The zero-order valence-electron chi connectivity index (χ0n) is 9.29. The molecule has 1 aromatic heterocycles. The Balaban J connectivity index is 2.53. The molecular formula is C11H20N2O. The first-order chi connectivity index (χ1) is 6.67. The smallest absolute Gasteiger partial charge is 0.122 e. The molecular weight excluding hydrogens is 176 g/mol. The number of aryl methyl sites for hydroxylation is 1. The predicted molar refractivity (Wildman–Crippen MR) is 58.2 cm³/mol. The molecule has 0 aliphatic rings. The molecule has 0 aliphatic carbocycles. The van der Waals surface area contributed by atoms with Crippen LogP contribution in [0.1, 0.15) is 31.4 Å². The van der Waals surface area contributed by atoms with Crippen LogP contribution in [0.25, 0.3) is 0 Å². The molecule has 0 spiro atoms. The average molecular weight is 196 g/mol. The zero-order valence-corrected chi connectivity index (χ0v) is 9.29. The minimum Gasteiger partial charge on any atom is -0.465 e. The fraction of sp³-hybridized carbons (Fsp3) is 0.636. The van der Waals surface area contributed by atoms with Crippen LogP contribution in [0.5, 0.6) is 0 Å². The van der Waals surface area contributed by atoms with Gasteiger partial charge in [0.1, 0.15) is 11.5 Å². The van der Waals surface area contributed by atoms with Gasteiger partial charge in [0.15, 0.2) is 0 Å². The van der Waals surface area contributed by atoms with E-state index in [1.54, 1.807) is 0 Å². The highest BCUT2D eigenvalue weighted by Crippen LogP contribution is 2.14. The van der Waals surface area contributed by atoms with Crippen LogP contribution in [0.15, 0.2) is 16.5 Å². The van der Waals surface area contributed by atoms with E-state index in [1.807, 2.05) is 19.1 Å². The first-order valence-electron chi connectivity index (χ1n) is 5.21. The molecule has 0 fully saturated rings. The molecule has 0 amide bonds. The Kier molecular flexibility index (Phi) is 4.17. The van der Waals surface area contributed by atoms with Crippen molar-refractivity contribution in [1.82, 2.24) is 4.90 Å². The summed E-state index contributed by atoms with van der Waals surface area (Å²) in [5.41, 5.74) is 6.02. The highest BCUT2D eigenvalue weighted by molar-refractivity contribution is 5.09. The quantitative estimate of drug-likeness (QED) is 0.782. The van der Waals surface area contributed by atoms with Crippen molar-refractivity contribution in [3.63, 3.8) is 0 Å². The molecule has 1 heterocycles. The number of nitrogens with two attached hydrogens (primary N) is 1. The van der Waals surface area contributed by atoms with Gasteiger partial charge >= 0.3 is 0 Å². The molecule has 0 saturated heterocycles. The normalized spacial score (nSPS) is 13.5. The van der Waals surface area contributed by atoms with Crippen molar-refractivity contribution in [2.75, 3.05) is 19.6 Å². The number of hydrogen-bond donors (Lipinski definition) is 1. The Hall–Kier alpha value is -0.800. The number of furan rings is 1. The van der Waals surface area contributed by atoms with Crippen LogP contribution in [-0.2, 0) is 0 Å². The second kappa shape index (κ2) is 5.17. The molecule has 2 N–H and O–H groups in total. The van der Waals surface area contributed by atoms with Crippen molar-refractivity contribution in [2.45, 2.75) is 26.8 Å². The molecule has 0 radical (unpaired) electrons. The van der Waals surface area contributed by atoms with Crippen molar-refractivity contribution in [3.8, 4) is 0 Å². The molecule has 0 bridgehead atoms. The molecule has 0 aromatic carbocycles. The van der Waals surface area contributed by atoms with E-state index in [0.29, 0.717) is 0 Å². The topological polar surface area (TPSA) is 42.4 Å².